The molecule has 0 aromatic heterocycles. The lowest BCUT2D eigenvalue weighted by atomic mass is 10.1. The first-order chi connectivity index (χ1) is 11.0. The van der Waals surface area contributed by atoms with Gasteiger partial charge in [-0.3, -0.25) is 9.59 Å². The number of rotatable bonds is 3. The molecule has 2 N–H and O–H groups in total. The van der Waals surface area contributed by atoms with Crippen molar-refractivity contribution in [2.45, 2.75) is 0 Å². The van der Waals surface area contributed by atoms with Crippen LogP contribution in [-0.4, -0.2) is 29.7 Å². The number of allylic oxidation sites excluding steroid dienone is 1. The SMILES string of the molecule is CNc1ccc(/C=C2/C(=O)c3ccc(C(=O)O)cc3C2=O)cc1. The molecule has 2 aromatic carbocycles. The highest BCUT2D eigenvalue weighted by Crippen LogP contribution is 2.29. The van der Waals surface area contributed by atoms with Crippen molar-refractivity contribution in [2.75, 3.05) is 12.4 Å². The third kappa shape index (κ3) is 2.53. The van der Waals surface area contributed by atoms with Crippen molar-refractivity contribution in [3.8, 4) is 0 Å². The average Bonchev–Trinajstić information content (AvgIpc) is 2.80. The van der Waals surface area contributed by atoms with Crippen molar-refractivity contribution in [1.82, 2.24) is 0 Å². The predicted octanol–water partition coefficient (Wildman–Crippen LogP) is 2.89. The second kappa shape index (κ2) is 5.53. The number of carboxylic acids is 1. The number of nitrogens with one attached hydrogen (secondary N) is 1. The highest BCUT2D eigenvalue weighted by molar-refractivity contribution is 6.41. The van der Waals surface area contributed by atoms with E-state index in [-0.39, 0.29) is 28.0 Å². The molecule has 0 saturated carbocycles. The van der Waals surface area contributed by atoms with Crippen LogP contribution in [0.5, 0.6) is 0 Å². The minimum absolute atomic E-state index is 0.00970. The Kier molecular flexibility index (Phi) is 3.54. The van der Waals surface area contributed by atoms with Crippen LogP contribution in [0.4, 0.5) is 5.69 Å². The summed E-state index contributed by atoms with van der Waals surface area (Å²) >= 11 is 0. The highest BCUT2D eigenvalue weighted by atomic mass is 16.4. The Morgan fingerprint density at radius 2 is 1.65 bits per heavy atom. The molecule has 0 saturated heterocycles. The molecule has 5 nitrogen and oxygen atoms in total. The van der Waals surface area contributed by atoms with Crippen molar-refractivity contribution in [2.24, 2.45) is 0 Å². The van der Waals surface area contributed by atoms with Gasteiger partial charge in [0.1, 0.15) is 0 Å². The molecule has 1 aliphatic rings. The Hall–Kier alpha value is -3.21. The van der Waals surface area contributed by atoms with Crippen LogP contribution in [0, 0.1) is 0 Å². The van der Waals surface area contributed by atoms with Gasteiger partial charge in [-0.2, -0.15) is 0 Å². The molecule has 0 bridgehead atoms. The van der Waals surface area contributed by atoms with E-state index in [4.69, 9.17) is 5.11 Å². The number of ketones is 2. The normalized spacial score (nSPS) is 14.9. The summed E-state index contributed by atoms with van der Waals surface area (Å²) in [4.78, 5) is 35.8. The molecule has 0 radical (unpaired) electrons. The van der Waals surface area contributed by atoms with Crippen LogP contribution >= 0.6 is 0 Å². The van der Waals surface area contributed by atoms with E-state index in [1.165, 1.54) is 24.3 Å². The standard InChI is InChI=1S/C18H13NO4/c1-19-12-5-2-10(3-6-12)8-15-16(20)13-7-4-11(18(22)23)9-14(13)17(15)21/h2-9,19H,1H3,(H,22,23)/b15-8-. The fourth-order valence-electron chi connectivity index (χ4n) is 2.50. The molecule has 23 heavy (non-hydrogen) atoms. The zero-order valence-corrected chi connectivity index (χ0v) is 12.3. The number of fused-ring (bicyclic) bond motifs is 1. The first-order valence-corrected chi connectivity index (χ1v) is 6.97. The van der Waals surface area contributed by atoms with E-state index in [1.54, 1.807) is 19.2 Å². The van der Waals surface area contributed by atoms with Gasteiger partial charge >= 0.3 is 5.97 Å². The van der Waals surface area contributed by atoms with Crippen LogP contribution in [-0.2, 0) is 0 Å². The van der Waals surface area contributed by atoms with Gasteiger partial charge in [0.15, 0.2) is 11.6 Å². The average molecular weight is 307 g/mol. The van der Waals surface area contributed by atoms with E-state index < -0.39 is 11.8 Å². The molecule has 0 unspecified atom stereocenters. The number of hydrogen-bond donors (Lipinski definition) is 2. The molecule has 0 amide bonds. The summed E-state index contributed by atoms with van der Waals surface area (Å²) in [5.74, 6) is -1.95. The summed E-state index contributed by atoms with van der Waals surface area (Å²) in [6.45, 7) is 0. The van der Waals surface area contributed by atoms with Crippen LogP contribution in [0.3, 0.4) is 0 Å². The quantitative estimate of drug-likeness (QED) is 0.673. The summed E-state index contributed by atoms with van der Waals surface area (Å²) in [6, 6.07) is 11.2. The molecule has 0 spiro atoms. The van der Waals surface area contributed by atoms with Crippen LogP contribution < -0.4 is 5.32 Å². The van der Waals surface area contributed by atoms with Gasteiger partial charge < -0.3 is 10.4 Å². The Morgan fingerprint density at radius 1 is 1.00 bits per heavy atom. The van der Waals surface area contributed by atoms with E-state index in [9.17, 15) is 14.4 Å². The lowest BCUT2D eigenvalue weighted by Gasteiger charge is -2.00. The smallest absolute Gasteiger partial charge is 0.335 e. The summed E-state index contributed by atoms with van der Waals surface area (Å²) in [6.07, 6.45) is 1.53. The minimum Gasteiger partial charge on any atom is -0.478 e. The number of anilines is 1. The molecular formula is C18H13NO4. The first-order valence-electron chi connectivity index (χ1n) is 6.97. The van der Waals surface area contributed by atoms with Gasteiger partial charge in [-0.15, -0.1) is 0 Å². The van der Waals surface area contributed by atoms with Crippen molar-refractivity contribution in [3.05, 3.63) is 70.3 Å². The van der Waals surface area contributed by atoms with Crippen LogP contribution in [0.2, 0.25) is 0 Å². The maximum Gasteiger partial charge on any atom is 0.335 e. The van der Waals surface area contributed by atoms with Gasteiger partial charge in [0, 0.05) is 23.9 Å². The van der Waals surface area contributed by atoms with Crippen LogP contribution in [0.1, 0.15) is 36.6 Å². The van der Waals surface area contributed by atoms with Gasteiger partial charge in [-0.1, -0.05) is 12.1 Å². The maximum atomic E-state index is 12.4. The van der Waals surface area contributed by atoms with E-state index in [2.05, 4.69) is 5.32 Å². The van der Waals surface area contributed by atoms with Crippen LogP contribution in [0.15, 0.2) is 48.0 Å². The van der Waals surface area contributed by atoms with Gasteiger partial charge in [0.2, 0.25) is 0 Å². The second-order valence-electron chi connectivity index (χ2n) is 5.15. The summed E-state index contributed by atoms with van der Waals surface area (Å²) in [5.41, 5.74) is 2.09. The molecule has 1 aliphatic carbocycles. The Balaban J connectivity index is 2.02. The topological polar surface area (TPSA) is 83.5 Å². The summed E-state index contributed by atoms with van der Waals surface area (Å²) < 4.78 is 0. The fraction of sp³-hybridized carbons (Fsp3) is 0.0556. The molecule has 3 rings (SSSR count). The molecule has 0 atom stereocenters. The zero-order valence-electron chi connectivity index (χ0n) is 12.3. The zero-order chi connectivity index (χ0) is 16.6. The number of carbonyl (C=O) groups is 3. The fourth-order valence-corrected chi connectivity index (χ4v) is 2.50. The molecular weight excluding hydrogens is 294 g/mol. The molecule has 0 aliphatic heterocycles. The minimum atomic E-state index is -1.13. The number of benzene rings is 2. The van der Waals surface area contributed by atoms with E-state index in [0.717, 1.165) is 11.3 Å². The third-order valence-electron chi connectivity index (χ3n) is 3.76. The molecule has 5 heteroatoms. The lowest BCUT2D eigenvalue weighted by Crippen LogP contribution is -2.01. The Morgan fingerprint density at radius 3 is 2.26 bits per heavy atom. The van der Waals surface area contributed by atoms with E-state index >= 15 is 0 Å². The van der Waals surface area contributed by atoms with Gasteiger partial charge in [0.05, 0.1) is 11.1 Å². The first kappa shape index (κ1) is 14.7. The van der Waals surface area contributed by atoms with Crippen molar-refractivity contribution in [1.29, 1.82) is 0 Å². The molecule has 0 heterocycles. The molecule has 114 valence electrons. The van der Waals surface area contributed by atoms with Gasteiger partial charge in [-0.25, -0.2) is 4.79 Å². The van der Waals surface area contributed by atoms with Crippen molar-refractivity contribution < 1.29 is 19.5 Å². The summed E-state index contributed by atoms with van der Waals surface area (Å²) in [7, 11) is 1.80. The van der Waals surface area contributed by atoms with Gasteiger partial charge in [0.25, 0.3) is 0 Å². The van der Waals surface area contributed by atoms with E-state index in [1.807, 2.05) is 12.1 Å². The largest absolute Gasteiger partial charge is 0.478 e. The van der Waals surface area contributed by atoms with Crippen molar-refractivity contribution >= 4 is 29.3 Å². The van der Waals surface area contributed by atoms with Crippen molar-refractivity contribution in [3.63, 3.8) is 0 Å². The van der Waals surface area contributed by atoms with Gasteiger partial charge in [-0.05, 0) is 42.0 Å². The number of aromatic carboxylic acids is 1. The number of carboxylic acid groups (broad SMARTS) is 1. The van der Waals surface area contributed by atoms with E-state index in [0.29, 0.717) is 0 Å². The molecule has 0 fully saturated rings. The number of carbonyl (C=O) groups excluding carboxylic acids is 2. The lowest BCUT2D eigenvalue weighted by molar-refractivity contribution is 0.0696. The number of Topliss-reactive ketones (excluding diaryl/α,β-unsaturated/α-hetero) is 2. The summed E-state index contributed by atoms with van der Waals surface area (Å²) in [5, 5.41) is 12.0. The van der Waals surface area contributed by atoms with Crippen LogP contribution in [0.25, 0.3) is 6.08 Å². The third-order valence-corrected chi connectivity index (χ3v) is 3.76. The monoisotopic (exact) mass is 307 g/mol. The predicted molar refractivity (Wildman–Crippen MR) is 86.0 cm³/mol. The Bertz CT molecular complexity index is 863. The highest BCUT2D eigenvalue weighted by Gasteiger charge is 2.33. The maximum absolute atomic E-state index is 12.4. The second-order valence-corrected chi connectivity index (χ2v) is 5.15. The Labute approximate surface area is 132 Å². The number of hydrogen-bond acceptors (Lipinski definition) is 4. The molecule has 2 aromatic rings.